The molecule has 200 valence electrons. The van der Waals surface area contributed by atoms with Gasteiger partial charge in [-0.25, -0.2) is 9.69 Å². The Morgan fingerprint density at radius 1 is 1.00 bits per heavy atom. The van der Waals surface area contributed by atoms with E-state index in [1.807, 2.05) is 50.2 Å². The lowest BCUT2D eigenvalue weighted by Gasteiger charge is -2.40. The molecule has 7 nitrogen and oxygen atoms in total. The average molecular weight is 544 g/mol. The number of aromatic amines is 1. The quantitative estimate of drug-likeness (QED) is 0.259. The maximum Gasteiger partial charge on any atom is 0.332 e. The van der Waals surface area contributed by atoms with E-state index < -0.39 is 5.54 Å². The third-order valence-corrected chi connectivity index (χ3v) is 7.96. The molecule has 4 aromatic rings. The van der Waals surface area contributed by atoms with Crippen molar-refractivity contribution in [2.24, 2.45) is 0 Å². The van der Waals surface area contributed by atoms with Crippen LogP contribution >= 0.6 is 11.6 Å². The molecule has 3 amide bonds. The van der Waals surface area contributed by atoms with Crippen LogP contribution in [0.3, 0.4) is 0 Å². The number of hydrogen-bond donors (Lipinski definition) is 1. The number of rotatable bonds is 7. The normalized spacial score (nSPS) is 20.4. The molecule has 1 aromatic heterocycles. The fourth-order valence-electron chi connectivity index (χ4n) is 5.87. The minimum Gasteiger partial charge on any atom is -0.490 e. The number of nitrogens with zero attached hydrogens (tertiary/aromatic N) is 2. The molecule has 0 saturated carbocycles. The summed E-state index contributed by atoms with van der Waals surface area (Å²) < 4.78 is 11.9. The molecule has 3 heterocycles. The van der Waals surface area contributed by atoms with Gasteiger partial charge < -0.3 is 19.4 Å². The number of hydrogen-bond acceptors (Lipinski definition) is 4. The molecule has 0 spiro atoms. The molecule has 2 aliphatic heterocycles. The van der Waals surface area contributed by atoms with Gasteiger partial charge in [0.05, 0.1) is 24.6 Å². The number of halogens is 1. The van der Waals surface area contributed by atoms with Gasteiger partial charge in [-0.1, -0.05) is 48.9 Å². The number of imide groups is 1. The first-order chi connectivity index (χ1) is 18.9. The summed E-state index contributed by atoms with van der Waals surface area (Å²) in [5.41, 5.74) is 2.91. The zero-order valence-electron chi connectivity index (χ0n) is 22.2. The van der Waals surface area contributed by atoms with Crippen molar-refractivity contribution in [1.82, 2.24) is 9.88 Å². The van der Waals surface area contributed by atoms with Gasteiger partial charge in [-0.15, -0.1) is 0 Å². The van der Waals surface area contributed by atoms with Crippen molar-refractivity contribution < 1.29 is 19.1 Å². The Balaban J connectivity index is 1.52. The van der Waals surface area contributed by atoms with Gasteiger partial charge in [0, 0.05) is 28.4 Å². The van der Waals surface area contributed by atoms with Gasteiger partial charge in [-0.3, -0.25) is 4.79 Å². The average Bonchev–Trinajstić information content (AvgIpc) is 3.42. The van der Waals surface area contributed by atoms with Crippen molar-refractivity contribution in [3.8, 4) is 11.5 Å². The molecule has 39 heavy (non-hydrogen) atoms. The van der Waals surface area contributed by atoms with E-state index in [0.717, 1.165) is 34.1 Å². The number of anilines is 1. The third kappa shape index (κ3) is 3.87. The van der Waals surface area contributed by atoms with Crippen molar-refractivity contribution in [3.63, 3.8) is 0 Å². The lowest BCUT2D eigenvalue weighted by molar-refractivity contribution is -0.125. The number of carbonyl (C=O) groups excluding carboxylic acids is 2. The van der Waals surface area contributed by atoms with Crippen LogP contribution in [-0.2, 0) is 10.3 Å². The molecule has 3 aromatic carbocycles. The summed E-state index contributed by atoms with van der Waals surface area (Å²) in [6, 6.07) is 20.5. The summed E-state index contributed by atoms with van der Waals surface area (Å²) in [7, 11) is 0. The lowest BCUT2D eigenvalue weighted by atomic mass is 9.78. The van der Waals surface area contributed by atoms with E-state index in [1.54, 1.807) is 29.2 Å². The molecule has 2 unspecified atom stereocenters. The minimum absolute atomic E-state index is 0.195. The molecule has 1 saturated heterocycles. The molecular weight excluding hydrogens is 514 g/mol. The Morgan fingerprint density at radius 3 is 2.59 bits per heavy atom. The first-order valence-electron chi connectivity index (χ1n) is 13.3. The molecule has 8 heteroatoms. The number of carbonyl (C=O) groups is 2. The zero-order valence-corrected chi connectivity index (χ0v) is 22.9. The molecule has 1 fully saturated rings. The van der Waals surface area contributed by atoms with Gasteiger partial charge in [0.2, 0.25) is 0 Å². The van der Waals surface area contributed by atoms with Crippen molar-refractivity contribution in [3.05, 3.63) is 88.6 Å². The number of urea groups is 1. The van der Waals surface area contributed by atoms with E-state index in [2.05, 4.69) is 18.0 Å². The first kappa shape index (κ1) is 25.3. The summed E-state index contributed by atoms with van der Waals surface area (Å²) in [6.07, 6.45) is 0.890. The largest absolute Gasteiger partial charge is 0.490 e. The van der Waals surface area contributed by atoms with Crippen molar-refractivity contribution in [2.45, 2.75) is 38.6 Å². The predicted molar refractivity (Wildman–Crippen MR) is 152 cm³/mol. The van der Waals surface area contributed by atoms with E-state index in [0.29, 0.717) is 42.0 Å². The number of para-hydroxylation sites is 1. The second-order valence-electron chi connectivity index (χ2n) is 10.1. The van der Waals surface area contributed by atoms with Crippen LogP contribution in [0.5, 0.6) is 11.5 Å². The summed E-state index contributed by atoms with van der Waals surface area (Å²) >= 11 is 6.24. The summed E-state index contributed by atoms with van der Waals surface area (Å²) in [4.78, 5) is 34.5. The van der Waals surface area contributed by atoms with E-state index in [-0.39, 0.29) is 17.9 Å². The fraction of sp³-hybridized carbons (Fsp3) is 0.290. The smallest absolute Gasteiger partial charge is 0.332 e. The standard InChI is InChI=1S/C31H30ClN3O4/c1-4-15-39-25-14-13-19(16-26(25)38-5-2)23-18-34-30(37)35(21-10-8-9-20(32)17-21)29(36)31(34,3)28-27(23)22-11-6-7-12-24(22)33-28/h6-14,16-17,23,33H,4-5,15,18H2,1-3H3. The van der Waals surface area contributed by atoms with Gasteiger partial charge in [-0.05, 0) is 67.8 Å². The molecule has 1 N–H and O–H groups in total. The van der Waals surface area contributed by atoms with Crippen LogP contribution in [0.25, 0.3) is 10.9 Å². The highest BCUT2D eigenvalue weighted by atomic mass is 35.5. The van der Waals surface area contributed by atoms with E-state index in [4.69, 9.17) is 21.1 Å². The highest BCUT2D eigenvalue weighted by molar-refractivity contribution is 6.31. The first-order valence-corrected chi connectivity index (χ1v) is 13.7. The minimum atomic E-state index is -1.20. The SMILES string of the molecule is CCCOc1ccc(C2CN3C(=O)N(c4cccc(Cl)c4)C(=O)C3(C)c3[nH]c4ccccc4c32)cc1OCC. The van der Waals surface area contributed by atoms with Crippen molar-refractivity contribution in [1.29, 1.82) is 0 Å². The predicted octanol–water partition coefficient (Wildman–Crippen LogP) is 6.84. The van der Waals surface area contributed by atoms with Crippen LogP contribution in [0.2, 0.25) is 5.02 Å². The lowest BCUT2D eigenvalue weighted by Crippen LogP contribution is -2.50. The molecular formula is C31H30ClN3O4. The van der Waals surface area contributed by atoms with Crippen LogP contribution in [0, 0.1) is 0 Å². The molecule has 0 bridgehead atoms. The van der Waals surface area contributed by atoms with E-state index in [9.17, 15) is 9.59 Å². The van der Waals surface area contributed by atoms with Crippen LogP contribution in [0.15, 0.2) is 66.7 Å². The van der Waals surface area contributed by atoms with Crippen LogP contribution in [0.4, 0.5) is 10.5 Å². The number of nitrogens with one attached hydrogen (secondary N) is 1. The monoisotopic (exact) mass is 543 g/mol. The number of aromatic nitrogens is 1. The molecule has 6 rings (SSSR count). The highest BCUT2D eigenvalue weighted by Gasteiger charge is 2.60. The highest BCUT2D eigenvalue weighted by Crippen LogP contribution is 2.51. The van der Waals surface area contributed by atoms with Crippen LogP contribution < -0.4 is 14.4 Å². The van der Waals surface area contributed by atoms with Gasteiger partial charge in [0.15, 0.2) is 17.0 Å². The topological polar surface area (TPSA) is 74.9 Å². The van der Waals surface area contributed by atoms with Gasteiger partial charge >= 0.3 is 6.03 Å². The third-order valence-electron chi connectivity index (χ3n) is 7.73. The number of fused-ring (bicyclic) bond motifs is 5. The number of benzene rings is 3. The molecule has 0 aliphatic carbocycles. The van der Waals surface area contributed by atoms with Gasteiger partial charge in [0.25, 0.3) is 5.91 Å². The van der Waals surface area contributed by atoms with Crippen LogP contribution in [-0.4, -0.2) is 41.6 Å². The van der Waals surface area contributed by atoms with E-state index in [1.165, 1.54) is 4.90 Å². The van der Waals surface area contributed by atoms with E-state index >= 15 is 0 Å². The zero-order chi connectivity index (χ0) is 27.3. The Hall–Kier alpha value is -3.97. The number of ether oxygens (including phenoxy) is 2. The molecule has 0 radical (unpaired) electrons. The van der Waals surface area contributed by atoms with Crippen molar-refractivity contribution >= 4 is 40.1 Å². The Bertz CT molecular complexity index is 1600. The molecule has 2 aliphatic rings. The van der Waals surface area contributed by atoms with Gasteiger partial charge in [0.1, 0.15) is 0 Å². The second-order valence-corrected chi connectivity index (χ2v) is 10.5. The maximum absolute atomic E-state index is 14.1. The Morgan fingerprint density at radius 2 is 1.82 bits per heavy atom. The fourth-order valence-corrected chi connectivity index (χ4v) is 6.06. The van der Waals surface area contributed by atoms with Gasteiger partial charge in [-0.2, -0.15) is 0 Å². The Labute approximate surface area is 232 Å². The second kappa shape index (κ2) is 9.65. The summed E-state index contributed by atoms with van der Waals surface area (Å²) in [5.74, 6) is 0.864. The van der Waals surface area contributed by atoms with Crippen molar-refractivity contribution in [2.75, 3.05) is 24.7 Å². The maximum atomic E-state index is 14.1. The summed E-state index contributed by atoms with van der Waals surface area (Å²) in [6.45, 7) is 7.26. The van der Waals surface area contributed by atoms with Crippen LogP contribution in [0.1, 0.15) is 49.9 Å². The number of H-pyrrole nitrogens is 1. The molecule has 2 atom stereocenters. The number of amides is 3. The Kier molecular flexibility index (Phi) is 6.26. The summed E-state index contributed by atoms with van der Waals surface area (Å²) in [5, 5.41) is 1.49.